The molecule has 0 spiro atoms. The molecule has 2 amide bonds. The van der Waals surface area contributed by atoms with Gasteiger partial charge in [0, 0.05) is 16.1 Å². The quantitative estimate of drug-likeness (QED) is 0.381. The van der Waals surface area contributed by atoms with Gasteiger partial charge in [-0.25, -0.2) is 9.18 Å². The minimum Gasteiger partial charge on any atom is -0.457 e. The molecule has 0 aliphatic rings. The average molecular weight is 407 g/mol. The predicted molar refractivity (Wildman–Crippen MR) is 115 cm³/mol. The number of hydrogen-bond donors (Lipinski definition) is 2. The molecule has 0 bridgehead atoms. The van der Waals surface area contributed by atoms with E-state index in [1.165, 1.54) is 24.3 Å². The molecule has 0 saturated carbocycles. The number of nitrogens with one attached hydrogen (secondary N) is 2. The van der Waals surface area contributed by atoms with E-state index < -0.39 is 6.03 Å². The SMILES string of the molecule is O=C(Nc1ccc(F)cc1)Nc1cccc2ccc(Oc3ccc(Cl)cc3)cc12. The molecule has 0 fully saturated rings. The molecule has 0 unspecified atom stereocenters. The van der Waals surface area contributed by atoms with E-state index in [0.29, 0.717) is 27.9 Å². The lowest BCUT2D eigenvalue weighted by Gasteiger charge is -2.12. The summed E-state index contributed by atoms with van der Waals surface area (Å²) in [5.74, 6) is 0.930. The monoisotopic (exact) mass is 406 g/mol. The van der Waals surface area contributed by atoms with Gasteiger partial charge in [0.1, 0.15) is 17.3 Å². The van der Waals surface area contributed by atoms with Gasteiger partial charge in [0.05, 0.1) is 5.69 Å². The summed E-state index contributed by atoms with van der Waals surface area (Å²) in [7, 11) is 0. The Bertz CT molecular complexity index is 1160. The van der Waals surface area contributed by atoms with Gasteiger partial charge in [0.25, 0.3) is 0 Å². The highest BCUT2D eigenvalue weighted by molar-refractivity contribution is 6.30. The molecule has 0 aliphatic heterocycles. The van der Waals surface area contributed by atoms with Crippen LogP contribution in [-0.4, -0.2) is 6.03 Å². The van der Waals surface area contributed by atoms with E-state index in [0.717, 1.165) is 10.8 Å². The highest BCUT2D eigenvalue weighted by Gasteiger charge is 2.08. The van der Waals surface area contributed by atoms with Crippen LogP contribution in [0.3, 0.4) is 0 Å². The van der Waals surface area contributed by atoms with Gasteiger partial charge in [-0.2, -0.15) is 0 Å². The van der Waals surface area contributed by atoms with Crippen molar-refractivity contribution >= 4 is 39.8 Å². The maximum Gasteiger partial charge on any atom is 0.323 e. The molecule has 6 heteroatoms. The van der Waals surface area contributed by atoms with Crippen LogP contribution < -0.4 is 15.4 Å². The number of ether oxygens (including phenoxy) is 1. The summed E-state index contributed by atoms with van der Waals surface area (Å²) in [6, 6.07) is 23.5. The van der Waals surface area contributed by atoms with Crippen molar-refractivity contribution in [2.75, 3.05) is 10.6 Å². The standard InChI is InChI=1S/C23H16ClFN2O2/c24-16-5-12-19(13-6-16)29-20-11-4-15-2-1-3-22(21(15)14-20)27-23(28)26-18-9-7-17(25)8-10-18/h1-14H,(H2,26,27,28). The van der Waals surface area contributed by atoms with Crippen molar-refractivity contribution in [2.45, 2.75) is 0 Å². The van der Waals surface area contributed by atoms with Crippen LogP contribution in [0.2, 0.25) is 5.02 Å². The van der Waals surface area contributed by atoms with Crippen LogP contribution in [-0.2, 0) is 0 Å². The lowest BCUT2D eigenvalue weighted by Crippen LogP contribution is -2.19. The Morgan fingerprint density at radius 3 is 2.31 bits per heavy atom. The third-order valence-electron chi connectivity index (χ3n) is 4.25. The van der Waals surface area contributed by atoms with Crippen molar-refractivity contribution in [3.8, 4) is 11.5 Å². The van der Waals surface area contributed by atoms with Gasteiger partial charge in [0.2, 0.25) is 0 Å². The lowest BCUT2D eigenvalue weighted by molar-refractivity contribution is 0.262. The predicted octanol–water partition coefficient (Wildman–Crippen LogP) is 7.07. The van der Waals surface area contributed by atoms with Gasteiger partial charge in [-0.15, -0.1) is 0 Å². The number of carbonyl (C=O) groups is 1. The molecule has 0 heterocycles. The molecule has 144 valence electrons. The van der Waals surface area contributed by atoms with E-state index in [1.807, 2.05) is 30.3 Å². The normalized spacial score (nSPS) is 10.6. The molecular weight excluding hydrogens is 391 g/mol. The van der Waals surface area contributed by atoms with Gasteiger partial charge >= 0.3 is 6.03 Å². The fraction of sp³-hybridized carbons (Fsp3) is 0. The Hall–Kier alpha value is -3.57. The fourth-order valence-electron chi connectivity index (χ4n) is 2.88. The van der Waals surface area contributed by atoms with Crippen LogP contribution >= 0.6 is 11.6 Å². The largest absolute Gasteiger partial charge is 0.457 e. The molecule has 4 rings (SSSR count). The van der Waals surface area contributed by atoms with Crippen molar-refractivity contribution in [3.63, 3.8) is 0 Å². The molecule has 0 saturated heterocycles. The molecular formula is C23H16ClFN2O2. The number of hydrogen-bond acceptors (Lipinski definition) is 2. The summed E-state index contributed by atoms with van der Waals surface area (Å²) in [5.41, 5.74) is 1.12. The van der Waals surface area contributed by atoms with E-state index in [-0.39, 0.29) is 5.82 Å². The van der Waals surface area contributed by atoms with Crippen molar-refractivity contribution in [1.82, 2.24) is 0 Å². The first-order chi connectivity index (χ1) is 14.1. The molecule has 4 aromatic carbocycles. The average Bonchev–Trinajstić information content (AvgIpc) is 2.72. The van der Waals surface area contributed by atoms with E-state index in [9.17, 15) is 9.18 Å². The molecule has 0 aliphatic carbocycles. The van der Waals surface area contributed by atoms with Gasteiger partial charge in [-0.3, -0.25) is 0 Å². The van der Waals surface area contributed by atoms with Crippen molar-refractivity contribution in [3.05, 3.63) is 95.8 Å². The van der Waals surface area contributed by atoms with Gasteiger partial charge in [-0.1, -0.05) is 29.8 Å². The summed E-state index contributed by atoms with van der Waals surface area (Å²) >= 11 is 5.91. The summed E-state index contributed by atoms with van der Waals surface area (Å²) in [5, 5.41) is 7.92. The third-order valence-corrected chi connectivity index (χ3v) is 4.51. The minimum absolute atomic E-state index is 0.363. The number of carbonyl (C=O) groups excluding carboxylic acids is 1. The van der Waals surface area contributed by atoms with E-state index in [4.69, 9.17) is 16.3 Å². The van der Waals surface area contributed by atoms with Crippen molar-refractivity contribution in [2.24, 2.45) is 0 Å². The first-order valence-electron chi connectivity index (χ1n) is 8.87. The van der Waals surface area contributed by atoms with Crippen molar-refractivity contribution in [1.29, 1.82) is 0 Å². The first kappa shape index (κ1) is 18.8. The van der Waals surface area contributed by atoms with Gasteiger partial charge in [0.15, 0.2) is 0 Å². The molecule has 2 N–H and O–H groups in total. The van der Waals surface area contributed by atoms with E-state index in [1.54, 1.807) is 30.3 Å². The zero-order valence-electron chi connectivity index (χ0n) is 15.2. The minimum atomic E-state index is -0.423. The fourth-order valence-corrected chi connectivity index (χ4v) is 3.01. The van der Waals surface area contributed by atoms with E-state index in [2.05, 4.69) is 10.6 Å². The number of anilines is 2. The smallest absolute Gasteiger partial charge is 0.323 e. The molecule has 0 radical (unpaired) electrons. The number of benzene rings is 4. The van der Waals surface area contributed by atoms with Crippen LogP contribution in [0.15, 0.2) is 84.9 Å². The summed E-state index contributed by atoms with van der Waals surface area (Å²) in [4.78, 5) is 12.4. The Balaban J connectivity index is 1.56. The second-order valence-corrected chi connectivity index (χ2v) is 6.77. The number of halogens is 2. The maximum absolute atomic E-state index is 13.0. The van der Waals surface area contributed by atoms with Crippen LogP contribution in [0.25, 0.3) is 10.8 Å². The molecule has 0 aromatic heterocycles. The second-order valence-electron chi connectivity index (χ2n) is 6.33. The highest BCUT2D eigenvalue weighted by atomic mass is 35.5. The Kier molecular flexibility index (Phi) is 5.31. The summed E-state index contributed by atoms with van der Waals surface area (Å²) in [6.45, 7) is 0. The first-order valence-corrected chi connectivity index (χ1v) is 9.24. The number of fused-ring (bicyclic) bond motifs is 1. The zero-order valence-corrected chi connectivity index (χ0v) is 15.9. The third kappa shape index (κ3) is 4.65. The number of urea groups is 1. The van der Waals surface area contributed by atoms with Crippen LogP contribution in [0.5, 0.6) is 11.5 Å². The number of amides is 2. The topological polar surface area (TPSA) is 50.4 Å². The highest BCUT2D eigenvalue weighted by Crippen LogP contribution is 2.30. The second kappa shape index (κ2) is 8.20. The number of rotatable bonds is 4. The van der Waals surface area contributed by atoms with Crippen LogP contribution in [0.1, 0.15) is 0 Å². The Morgan fingerprint density at radius 1 is 0.828 bits per heavy atom. The van der Waals surface area contributed by atoms with Crippen LogP contribution in [0, 0.1) is 5.82 Å². The van der Waals surface area contributed by atoms with E-state index >= 15 is 0 Å². The summed E-state index contributed by atoms with van der Waals surface area (Å²) < 4.78 is 18.9. The molecule has 29 heavy (non-hydrogen) atoms. The zero-order chi connectivity index (χ0) is 20.2. The van der Waals surface area contributed by atoms with Crippen LogP contribution in [0.4, 0.5) is 20.6 Å². The molecule has 4 nitrogen and oxygen atoms in total. The maximum atomic E-state index is 13.0. The Labute approximate surface area is 171 Å². The molecule has 0 atom stereocenters. The summed E-state index contributed by atoms with van der Waals surface area (Å²) in [6.07, 6.45) is 0. The lowest BCUT2D eigenvalue weighted by atomic mass is 10.1. The van der Waals surface area contributed by atoms with Crippen molar-refractivity contribution < 1.29 is 13.9 Å². The molecule has 4 aromatic rings. The Morgan fingerprint density at radius 2 is 1.55 bits per heavy atom. The van der Waals surface area contributed by atoms with Gasteiger partial charge in [-0.05, 0) is 72.1 Å². The van der Waals surface area contributed by atoms with Gasteiger partial charge < -0.3 is 15.4 Å².